The molecule has 0 saturated carbocycles. The number of anilines is 1. The van der Waals surface area contributed by atoms with E-state index < -0.39 is 5.60 Å². The fourth-order valence-corrected chi connectivity index (χ4v) is 2.49. The smallest absolute Gasteiger partial charge is 0.223 e. The highest BCUT2D eigenvalue weighted by molar-refractivity contribution is 5.77. The van der Waals surface area contributed by atoms with Crippen LogP contribution in [0.15, 0.2) is 24.3 Å². The molecule has 4 nitrogen and oxygen atoms in total. The number of aliphatic hydroxyl groups is 1. The van der Waals surface area contributed by atoms with Gasteiger partial charge in [0.2, 0.25) is 5.91 Å². The third-order valence-electron chi connectivity index (χ3n) is 3.79. The van der Waals surface area contributed by atoms with Crippen molar-refractivity contribution in [1.29, 1.82) is 0 Å². The second-order valence-electron chi connectivity index (χ2n) is 5.83. The first kappa shape index (κ1) is 13.9. The van der Waals surface area contributed by atoms with Crippen molar-refractivity contribution in [2.45, 2.75) is 38.2 Å². The molecule has 19 heavy (non-hydrogen) atoms. The molecule has 0 bridgehead atoms. The van der Waals surface area contributed by atoms with Gasteiger partial charge >= 0.3 is 0 Å². The Morgan fingerprint density at radius 3 is 2.63 bits per heavy atom. The molecule has 4 heteroatoms. The predicted molar refractivity (Wildman–Crippen MR) is 75.7 cm³/mol. The van der Waals surface area contributed by atoms with Crippen LogP contribution in [0.3, 0.4) is 0 Å². The van der Waals surface area contributed by atoms with Gasteiger partial charge in [0.1, 0.15) is 0 Å². The summed E-state index contributed by atoms with van der Waals surface area (Å²) in [6.45, 7) is 4.92. The zero-order valence-electron chi connectivity index (χ0n) is 11.6. The van der Waals surface area contributed by atoms with Crippen molar-refractivity contribution in [3.05, 3.63) is 29.8 Å². The number of nitrogens with zero attached hydrogens (tertiary/aromatic N) is 1. The molecule has 1 aliphatic rings. The lowest BCUT2D eigenvalue weighted by Gasteiger charge is -2.21. The lowest BCUT2D eigenvalue weighted by molar-refractivity contribution is -0.131. The Morgan fingerprint density at radius 2 is 2.11 bits per heavy atom. The highest BCUT2D eigenvalue weighted by atomic mass is 16.3. The minimum absolute atomic E-state index is 0.113. The summed E-state index contributed by atoms with van der Waals surface area (Å²) in [6.07, 6.45) is 1.13. The van der Waals surface area contributed by atoms with Crippen molar-refractivity contribution < 1.29 is 9.90 Å². The van der Waals surface area contributed by atoms with Crippen molar-refractivity contribution in [3.63, 3.8) is 0 Å². The number of benzene rings is 1. The van der Waals surface area contributed by atoms with E-state index in [1.54, 1.807) is 11.8 Å². The average molecular weight is 262 g/mol. The molecule has 104 valence electrons. The Bertz CT molecular complexity index is 454. The van der Waals surface area contributed by atoms with Gasteiger partial charge in [0.15, 0.2) is 0 Å². The van der Waals surface area contributed by atoms with Crippen LogP contribution in [0.25, 0.3) is 0 Å². The van der Waals surface area contributed by atoms with Crippen LogP contribution in [0.2, 0.25) is 0 Å². The van der Waals surface area contributed by atoms with E-state index in [-0.39, 0.29) is 11.8 Å². The van der Waals surface area contributed by atoms with Crippen LogP contribution in [0, 0.1) is 0 Å². The van der Waals surface area contributed by atoms with E-state index in [1.165, 1.54) is 0 Å². The number of hydrogen-bond acceptors (Lipinski definition) is 3. The number of amides is 1. The Labute approximate surface area is 114 Å². The lowest BCUT2D eigenvalue weighted by Crippen LogP contribution is -2.34. The Hall–Kier alpha value is -1.55. The monoisotopic (exact) mass is 262 g/mol. The molecule has 1 fully saturated rings. The third-order valence-corrected chi connectivity index (χ3v) is 3.79. The fraction of sp³-hybridized carbons (Fsp3) is 0.533. The van der Waals surface area contributed by atoms with Gasteiger partial charge in [-0.15, -0.1) is 0 Å². The van der Waals surface area contributed by atoms with Gasteiger partial charge in [0, 0.05) is 25.2 Å². The molecule has 1 aromatic carbocycles. The van der Waals surface area contributed by atoms with Crippen molar-refractivity contribution in [2.75, 3.05) is 18.8 Å². The molecule has 1 amide bonds. The number of carbonyl (C=O) groups is 1. The Kier molecular flexibility index (Phi) is 3.80. The van der Waals surface area contributed by atoms with Gasteiger partial charge in [-0.25, -0.2) is 0 Å². The highest BCUT2D eigenvalue weighted by Crippen LogP contribution is 2.25. The van der Waals surface area contributed by atoms with Crippen LogP contribution in [0.1, 0.15) is 38.2 Å². The van der Waals surface area contributed by atoms with Crippen molar-refractivity contribution in [1.82, 2.24) is 4.90 Å². The topological polar surface area (TPSA) is 66.6 Å². The third kappa shape index (κ3) is 3.47. The van der Waals surface area contributed by atoms with E-state index >= 15 is 0 Å². The number of β-amino-alcohol motifs (C(OH)–C–C–N with tert-alkyl or cyclic N) is 1. The molecule has 1 saturated heterocycles. The summed E-state index contributed by atoms with van der Waals surface area (Å²) in [5.74, 6) is 0.278. The first-order valence-corrected chi connectivity index (χ1v) is 6.73. The molecule has 1 aliphatic heterocycles. The van der Waals surface area contributed by atoms with Gasteiger partial charge in [0.25, 0.3) is 0 Å². The molecule has 0 aliphatic carbocycles. The van der Waals surface area contributed by atoms with Crippen LogP contribution >= 0.6 is 0 Å². The van der Waals surface area contributed by atoms with Gasteiger partial charge in [-0.3, -0.25) is 4.79 Å². The Balaban J connectivity index is 1.94. The molecule has 2 atom stereocenters. The molecule has 2 unspecified atom stereocenters. The summed E-state index contributed by atoms with van der Waals surface area (Å²) in [6, 6.07) is 7.65. The first-order valence-electron chi connectivity index (χ1n) is 6.73. The average Bonchev–Trinajstić information content (AvgIpc) is 2.70. The van der Waals surface area contributed by atoms with Gasteiger partial charge in [-0.05, 0) is 37.0 Å². The normalized spacial score (nSPS) is 24.5. The number of likely N-dealkylation sites (tertiary alicyclic amines) is 1. The quantitative estimate of drug-likeness (QED) is 0.815. The summed E-state index contributed by atoms with van der Waals surface area (Å²) in [4.78, 5) is 13.9. The maximum Gasteiger partial charge on any atom is 0.223 e. The highest BCUT2D eigenvalue weighted by Gasteiger charge is 2.34. The number of nitrogens with two attached hydrogens (primary N) is 1. The van der Waals surface area contributed by atoms with E-state index in [2.05, 4.69) is 0 Å². The van der Waals surface area contributed by atoms with Crippen LogP contribution in [0.4, 0.5) is 5.69 Å². The molecule has 3 N–H and O–H groups in total. The first-order chi connectivity index (χ1) is 8.87. The molecule has 2 rings (SSSR count). The summed E-state index contributed by atoms with van der Waals surface area (Å²) in [7, 11) is 0. The zero-order chi connectivity index (χ0) is 14.0. The second kappa shape index (κ2) is 5.21. The van der Waals surface area contributed by atoms with Crippen LogP contribution in [-0.2, 0) is 4.79 Å². The van der Waals surface area contributed by atoms with E-state index in [9.17, 15) is 9.90 Å². The molecule has 0 spiro atoms. The molecule has 1 heterocycles. The van der Waals surface area contributed by atoms with Crippen molar-refractivity contribution >= 4 is 11.6 Å². The minimum Gasteiger partial charge on any atom is -0.399 e. The number of hydrogen-bond donors (Lipinski definition) is 2. The largest absolute Gasteiger partial charge is 0.399 e. The molecule has 1 aromatic rings. The summed E-state index contributed by atoms with van der Waals surface area (Å²) in [5.41, 5.74) is 6.79. The zero-order valence-corrected chi connectivity index (χ0v) is 11.6. The van der Waals surface area contributed by atoms with Gasteiger partial charge in [-0.2, -0.15) is 0 Å². The van der Waals surface area contributed by atoms with Crippen LogP contribution in [0.5, 0.6) is 0 Å². The van der Waals surface area contributed by atoms with Gasteiger partial charge in [0.05, 0.1) is 5.60 Å². The number of nitrogen functional groups attached to an aromatic ring is 1. The molecular weight excluding hydrogens is 240 g/mol. The Morgan fingerprint density at radius 1 is 1.47 bits per heavy atom. The van der Waals surface area contributed by atoms with E-state index in [0.29, 0.717) is 25.9 Å². The summed E-state index contributed by atoms with van der Waals surface area (Å²) < 4.78 is 0. The van der Waals surface area contributed by atoms with Crippen molar-refractivity contribution in [3.8, 4) is 0 Å². The van der Waals surface area contributed by atoms with Gasteiger partial charge < -0.3 is 15.7 Å². The van der Waals surface area contributed by atoms with Gasteiger partial charge in [-0.1, -0.05) is 19.1 Å². The van der Waals surface area contributed by atoms with E-state index in [4.69, 9.17) is 5.73 Å². The molecule has 0 aromatic heterocycles. The maximum absolute atomic E-state index is 12.2. The SMILES string of the molecule is CC(CC(=O)N1CCC(C)(O)C1)c1ccc(N)cc1. The van der Waals surface area contributed by atoms with Crippen LogP contribution < -0.4 is 5.73 Å². The lowest BCUT2D eigenvalue weighted by atomic mass is 9.97. The minimum atomic E-state index is -0.722. The number of carbonyl (C=O) groups excluding carboxylic acids is 1. The molecular formula is C15H22N2O2. The predicted octanol–water partition coefficient (Wildman–Crippen LogP) is 1.75. The number of rotatable bonds is 3. The summed E-state index contributed by atoms with van der Waals surface area (Å²) >= 11 is 0. The van der Waals surface area contributed by atoms with Crippen molar-refractivity contribution in [2.24, 2.45) is 0 Å². The van der Waals surface area contributed by atoms with E-state index in [1.807, 2.05) is 31.2 Å². The van der Waals surface area contributed by atoms with Crippen LogP contribution in [-0.4, -0.2) is 34.6 Å². The maximum atomic E-state index is 12.2. The fourth-order valence-electron chi connectivity index (χ4n) is 2.49. The van der Waals surface area contributed by atoms with E-state index in [0.717, 1.165) is 11.3 Å². The summed E-state index contributed by atoms with van der Waals surface area (Å²) in [5, 5.41) is 9.89. The molecule has 0 radical (unpaired) electrons. The second-order valence-corrected chi connectivity index (χ2v) is 5.83. The standard InChI is InChI=1S/C15H22N2O2/c1-11(12-3-5-13(16)6-4-12)9-14(18)17-8-7-15(2,19)10-17/h3-6,11,19H,7-10,16H2,1-2H3.